The fourth-order valence-corrected chi connectivity index (χ4v) is 3.17. The van der Waals surface area contributed by atoms with Crippen molar-refractivity contribution in [3.05, 3.63) is 78.2 Å². The average molecular weight is 339 g/mol. The summed E-state index contributed by atoms with van der Waals surface area (Å²) in [6.07, 6.45) is 3.61. The Morgan fingerprint density at radius 3 is 2.35 bits per heavy atom. The maximum atomic E-state index is 9.07. The highest BCUT2D eigenvalue weighted by atomic mass is 16.5. The number of nitrogens with zero attached hydrogens (tertiary/aromatic N) is 3. The van der Waals surface area contributed by atoms with Crippen molar-refractivity contribution in [1.29, 1.82) is 5.26 Å². The van der Waals surface area contributed by atoms with Gasteiger partial charge in [0.2, 0.25) is 0 Å². The Bertz CT molecular complexity index is 1120. The highest BCUT2D eigenvalue weighted by molar-refractivity contribution is 5.86. The smallest absolute Gasteiger partial charge is 0.145 e. The van der Waals surface area contributed by atoms with Crippen LogP contribution >= 0.6 is 0 Å². The van der Waals surface area contributed by atoms with Crippen molar-refractivity contribution in [2.75, 3.05) is 7.11 Å². The number of pyridine rings is 1. The Morgan fingerprint density at radius 1 is 1.00 bits per heavy atom. The zero-order valence-electron chi connectivity index (χ0n) is 14.6. The van der Waals surface area contributed by atoms with E-state index >= 15 is 0 Å². The number of fused-ring (bicyclic) bond motifs is 1. The van der Waals surface area contributed by atoms with E-state index in [0.29, 0.717) is 5.56 Å². The lowest BCUT2D eigenvalue weighted by Crippen LogP contribution is -1.98. The van der Waals surface area contributed by atoms with Gasteiger partial charge in [0.15, 0.2) is 0 Å². The Hall–Kier alpha value is -3.58. The number of methoxy groups -OCH3 is 1. The van der Waals surface area contributed by atoms with E-state index in [0.717, 1.165) is 33.7 Å². The van der Waals surface area contributed by atoms with E-state index in [1.165, 1.54) is 5.56 Å². The van der Waals surface area contributed by atoms with Crippen LogP contribution in [0, 0.1) is 18.3 Å². The van der Waals surface area contributed by atoms with Gasteiger partial charge in [0.05, 0.1) is 37.0 Å². The molecule has 0 spiro atoms. The summed E-state index contributed by atoms with van der Waals surface area (Å²) in [7, 11) is 1.66. The molecule has 0 radical (unpaired) electrons. The van der Waals surface area contributed by atoms with Crippen LogP contribution in [0.2, 0.25) is 0 Å². The first-order valence-corrected chi connectivity index (χ1v) is 8.32. The van der Waals surface area contributed by atoms with Crippen molar-refractivity contribution < 1.29 is 4.74 Å². The fourth-order valence-electron chi connectivity index (χ4n) is 3.17. The molecule has 4 aromatic rings. The quantitative estimate of drug-likeness (QED) is 0.536. The van der Waals surface area contributed by atoms with Crippen LogP contribution in [-0.4, -0.2) is 16.5 Å². The lowest BCUT2D eigenvalue weighted by molar-refractivity contribution is 0.418. The van der Waals surface area contributed by atoms with Gasteiger partial charge in [-0.05, 0) is 36.2 Å². The van der Waals surface area contributed by atoms with Crippen LogP contribution < -0.4 is 4.74 Å². The van der Waals surface area contributed by atoms with Gasteiger partial charge in [-0.25, -0.2) is 4.98 Å². The number of aryl methyl sites for hydroxylation is 1. The predicted octanol–water partition coefficient (Wildman–Crippen LogP) is 4.86. The minimum absolute atomic E-state index is 0.640. The summed E-state index contributed by atoms with van der Waals surface area (Å²) in [5.74, 6) is 0.762. The van der Waals surface area contributed by atoms with E-state index in [1.807, 2.05) is 30.3 Å². The standard InChI is InChI=1S/C22H17N3O/c1-15-3-7-18(8-4-15)22-19(17-9-5-16(12-23)6-10-17)11-21(26-2)20-13-24-14-25(20)22/h3-11,13-14H,1-2H3. The molecule has 0 fully saturated rings. The number of imidazole rings is 1. The van der Waals surface area contributed by atoms with Gasteiger partial charge in [-0.15, -0.1) is 0 Å². The molecule has 0 aliphatic carbocycles. The molecule has 0 amide bonds. The Labute approximate surface area is 151 Å². The van der Waals surface area contributed by atoms with Gasteiger partial charge in [0.25, 0.3) is 0 Å². The van der Waals surface area contributed by atoms with E-state index in [4.69, 9.17) is 10.00 Å². The van der Waals surface area contributed by atoms with E-state index in [1.54, 1.807) is 19.6 Å². The summed E-state index contributed by atoms with van der Waals surface area (Å²) >= 11 is 0. The molecule has 26 heavy (non-hydrogen) atoms. The number of hydrogen-bond acceptors (Lipinski definition) is 3. The lowest BCUT2D eigenvalue weighted by atomic mass is 9.97. The SMILES string of the molecule is COc1cc(-c2ccc(C#N)cc2)c(-c2ccc(C)cc2)n2cncc12. The molecule has 0 saturated carbocycles. The molecule has 4 rings (SSSR count). The first-order valence-electron chi connectivity index (χ1n) is 8.32. The van der Waals surface area contributed by atoms with Gasteiger partial charge in [0.1, 0.15) is 11.3 Å². The van der Waals surface area contributed by atoms with Crippen LogP contribution in [0.25, 0.3) is 27.9 Å². The van der Waals surface area contributed by atoms with Gasteiger partial charge in [-0.3, -0.25) is 4.40 Å². The number of rotatable bonds is 3. The van der Waals surface area contributed by atoms with Crippen LogP contribution in [0.1, 0.15) is 11.1 Å². The molecule has 0 N–H and O–H groups in total. The maximum Gasteiger partial charge on any atom is 0.145 e. The third-order valence-corrected chi connectivity index (χ3v) is 4.53. The topological polar surface area (TPSA) is 50.3 Å². The van der Waals surface area contributed by atoms with Crippen LogP contribution in [0.15, 0.2) is 67.1 Å². The summed E-state index contributed by atoms with van der Waals surface area (Å²) in [5, 5.41) is 9.07. The van der Waals surface area contributed by atoms with Gasteiger partial charge in [-0.1, -0.05) is 42.0 Å². The molecular weight excluding hydrogens is 322 g/mol. The van der Waals surface area contributed by atoms with Crippen LogP contribution in [0.5, 0.6) is 5.75 Å². The third-order valence-electron chi connectivity index (χ3n) is 4.53. The van der Waals surface area contributed by atoms with Crippen molar-refractivity contribution in [2.45, 2.75) is 6.92 Å². The molecule has 0 aliphatic rings. The molecule has 2 aromatic heterocycles. The van der Waals surface area contributed by atoms with Crippen molar-refractivity contribution in [3.8, 4) is 34.2 Å². The summed E-state index contributed by atoms with van der Waals surface area (Å²) in [5.41, 5.74) is 6.96. The van der Waals surface area contributed by atoms with Crippen LogP contribution in [-0.2, 0) is 0 Å². The largest absolute Gasteiger partial charge is 0.494 e. The van der Waals surface area contributed by atoms with E-state index in [-0.39, 0.29) is 0 Å². The van der Waals surface area contributed by atoms with Gasteiger partial charge in [-0.2, -0.15) is 5.26 Å². The van der Waals surface area contributed by atoms with Crippen molar-refractivity contribution in [3.63, 3.8) is 0 Å². The van der Waals surface area contributed by atoms with Crippen molar-refractivity contribution >= 4 is 5.52 Å². The molecule has 0 atom stereocenters. The van der Waals surface area contributed by atoms with E-state index in [2.05, 4.69) is 46.6 Å². The normalized spacial score (nSPS) is 10.7. The Morgan fingerprint density at radius 2 is 1.69 bits per heavy atom. The second kappa shape index (κ2) is 6.38. The molecular formula is C22H17N3O. The predicted molar refractivity (Wildman–Crippen MR) is 102 cm³/mol. The third kappa shape index (κ3) is 2.60. The molecule has 2 heterocycles. The first-order chi connectivity index (χ1) is 12.7. The minimum atomic E-state index is 0.640. The molecule has 2 aromatic carbocycles. The monoisotopic (exact) mass is 339 g/mol. The average Bonchev–Trinajstić information content (AvgIpc) is 3.17. The Kier molecular flexibility index (Phi) is 3.91. The highest BCUT2D eigenvalue weighted by Gasteiger charge is 2.16. The highest BCUT2D eigenvalue weighted by Crippen LogP contribution is 2.37. The first kappa shape index (κ1) is 15.9. The molecule has 0 saturated heterocycles. The molecule has 126 valence electrons. The number of aromatic nitrogens is 2. The lowest BCUT2D eigenvalue weighted by Gasteiger charge is -2.16. The van der Waals surface area contributed by atoms with Gasteiger partial charge < -0.3 is 4.74 Å². The molecule has 0 unspecified atom stereocenters. The summed E-state index contributed by atoms with van der Waals surface area (Å²) in [6, 6.07) is 20.2. The van der Waals surface area contributed by atoms with E-state index < -0.39 is 0 Å². The van der Waals surface area contributed by atoms with Gasteiger partial charge in [0, 0.05) is 5.56 Å². The van der Waals surface area contributed by atoms with Crippen LogP contribution in [0.4, 0.5) is 0 Å². The number of nitriles is 1. The Balaban J connectivity index is 2.05. The zero-order chi connectivity index (χ0) is 18.1. The fraction of sp³-hybridized carbons (Fsp3) is 0.0909. The maximum absolute atomic E-state index is 9.07. The molecule has 4 nitrogen and oxygen atoms in total. The second-order valence-electron chi connectivity index (χ2n) is 6.18. The van der Waals surface area contributed by atoms with Crippen molar-refractivity contribution in [2.24, 2.45) is 0 Å². The molecule has 0 aliphatic heterocycles. The number of ether oxygens (including phenoxy) is 1. The minimum Gasteiger partial charge on any atom is -0.494 e. The van der Waals surface area contributed by atoms with E-state index in [9.17, 15) is 0 Å². The second-order valence-corrected chi connectivity index (χ2v) is 6.18. The number of hydrogen-bond donors (Lipinski definition) is 0. The zero-order valence-corrected chi connectivity index (χ0v) is 14.6. The van der Waals surface area contributed by atoms with Crippen LogP contribution in [0.3, 0.4) is 0 Å². The summed E-state index contributed by atoms with van der Waals surface area (Å²) < 4.78 is 7.64. The number of benzene rings is 2. The molecule has 4 heteroatoms. The summed E-state index contributed by atoms with van der Waals surface area (Å²) in [4.78, 5) is 4.32. The molecule has 0 bridgehead atoms. The van der Waals surface area contributed by atoms with Gasteiger partial charge >= 0.3 is 0 Å². The van der Waals surface area contributed by atoms with Crippen molar-refractivity contribution in [1.82, 2.24) is 9.38 Å². The summed E-state index contributed by atoms with van der Waals surface area (Å²) in [6.45, 7) is 2.08.